The third-order valence-electron chi connectivity index (χ3n) is 4.52. The molecule has 3 rings (SSSR count). The summed E-state index contributed by atoms with van der Waals surface area (Å²) < 4.78 is 19.6. The second-order valence-electron chi connectivity index (χ2n) is 6.32. The molecule has 0 radical (unpaired) electrons. The van der Waals surface area contributed by atoms with Gasteiger partial charge in [0.2, 0.25) is 18.2 Å². The van der Waals surface area contributed by atoms with Crippen LogP contribution < -0.4 is 10.0 Å². The first-order chi connectivity index (χ1) is 15.1. The van der Waals surface area contributed by atoms with Crippen molar-refractivity contribution in [3.05, 3.63) is 89.8 Å². The Balaban J connectivity index is 2.37. The molecule has 3 aromatic carbocycles. The van der Waals surface area contributed by atoms with Gasteiger partial charge in [-0.2, -0.15) is 0 Å². The number of carbonyl (C=O) groups excluding carboxylic acids is 2. The van der Waals surface area contributed by atoms with Gasteiger partial charge in [0.15, 0.2) is 0 Å². The molecule has 0 N–H and O–H groups in total. The van der Waals surface area contributed by atoms with Crippen LogP contribution in [0.3, 0.4) is 0 Å². The standard InChI is InChI=1S/C21H11Cl6O4P/c1-31-12-9-5-8-11(22)13(12)20(28)32(30,10-6-3-2-4-7-10)21(29)14-15(23)17(25)19(27)18(26)16(14)24/h2-9H,1H3. The van der Waals surface area contributed by atoms with E-state index in [-0.39, 0.29) is 46.8 Å². The van der Waals surface area contributed by atoms with Crippen LogP contribution in [0.4, 0.5) is 0 Å². The molecule has 3 aromatic rings. The Morgan fingerprint density at radius 1 is 0.688 bits per heavy atom. The van der Waals surface area contributed by atoms with Crippen molar-refractivity contribution in [2.75, 3.05) is 7.11 Å². The van der Waals surface area contributed by atoms with Crippen molar-refractivity contribution in [2.24, 2.45) is 0 Å². The van der Waals surface area contributed by atoms with E-state index in [2.05, 4.69) is 0 Å². The predicted molar refractivity (Wildman–Crippen MR) is 132 cm³/mol. The molecule has 4 nitrogen and oxygen atoms in total. The molecule has 32 heavy (non-hydrogen) atoms. The second-order valence-corrected chi connectivity index (χ2v) is 11.2. The van der Waals surface area contributed by atoms with E-state index in [9.17, 15) is 14.2 Å². The quantitative estimate of drug-likeness (QED) is 0.170. The van der Waals surface area contributed by atoms with Gasteiger partial charge in [-0.25, -0.2) is 0 Å². The van der Waals surface area contributed by atoms with E-state index in [0.29, 0.717) is 0 Å². The summed E-state index contributed by atoms with van der Waals surface area (Å²) in [6.45, 7) is 0. The Labute approximate surface area is 213 Å². The number of hydrogen-bond donors (Lipinski definition) is 0. The van der Waals surface area contributed by atoms with Gasteiger partial charge < -0.3 is 9.30 Å². The van der Waals surface area contributed by atoms with Gasteiger partial charge in [-0.3, -0.25) is 9.59 Å². The number of benzene rings is 3. The van der Waals surface area contributed by atoms with E-state index < -0.39 is 23.8 Å². The molecule has 0 aliphatic heterocycles. The van der Waals surface area contributed by atoms with Crippen LogP contribution in [0.1, 0.15) is 20.7 Å². The third-order valence-corrected chi connectivity index (χ3v) is 9.73. The fraction of sp³-hybridized carbons (Fsp3) is 0.0476. The largest absolute Gasteiger partial charge is 0.496 e. The van der Waals surface area contributed by atoms with Crippen LogP contribution in [-0.2, 0) is 4.57 Å². The molecule has 0 heterocycles. The van der Waals surface area contributed by atoms with Gasteiger partial charge >= 0.3 is 0 Å². The summed E-state index contributed by atoms with van der Waals surface area (Å²) in [6, 6.07) is 11.8. The van der Waals surface area contributed by atoms with Crippen LogP contribution in [0.25, 0.3) is 0 Å². The van der Waals surface area contributed by atoms with E-state index in [1.807, 2.05) is 0 Å². The van der Waals surface area contributed by atoms with Crippen molar-refractivity contribution in [3.8, 4) is 5.75 Å². The maximum atomic E-state index is 14.4. The number of ether oxygens (including phenoxy) is 1. The lowest BCUT2D eigenvalue weighted by Crippen LogP contribution is -2.22. The van der Waals surface area contributed by atoms with Crippen molar-refractivity contribution in [1.82, 2.24) is 0 Å². The topological polar surface area (TPSA) is 60.4 Å². The first-order valence-electron chi connectivity index (χ1n) is 8.66. The lowest BCUT2D eigenvalue weighted by molar-refractivity contribution is 0.104. The number of halogens is 6. The number of carbonyl (C=O) groups is 2. The van der Waals surface area contributed by atoms with Gasteiger partial charge in [-0.1, -0.05) is 106 Å². The fourth-order valence-corrected chi connectivity index (χ4v) is 7.04. The molecule has 166 valence electrons. The zero-order chi connectivity index (χ0) is 23.8. The molecule has 0 saturated carbocycles. The maximum Gasteiger partial charge on any atom is 0.249 e. The van der Waals surface area contributed by atoms with E-state index in [1.54, 1.807) is 12.1 Å². The summed E-state index contributed by atoms with van der Waals surface area (Å²) in [5.41, 5.74) is -2.95. The summed E-state index contributed by atoms with van der Waals surface area (Å²) in [7, 11) is -3.34. The molecular weight excluding hydrogens is 560 g/mol. The molecule has 0 fully saturated rings. The molecular formula is C21H11Cl6O4P. The number of rotatable bonds is 6. The Morgan fingerprint density at radius 2 is 1.19 bits per heavy atom. The second kappa shape index (κ2) is 9.95. The van der Waals surface area contributed by atoms with Crippen LogP contribution in [0.15, 0.2) is 48.5 Å². The molecule has 11 heteroatoms. The highest BCUT2D eigenvalue weighted by Gasteiger charge is 2.46. The average Bonchev–Trinajstić information content (AvgIpc) is 2.80. The molecule has 1 unspecified atom stereocenters. The van der Waals surface area contributed by atoms with E-state index in [1.165, 1.54) is 43.5 Å². The van der Waals surface area contributed by atoms with Crippen LogP contribution >= 0.6 is 76.7 Å². The smallest absolute Gasteiger partial charge is 0.249 e. The van der Waals surface area contributed by atoms with Crippen molar-refractivity contribution >= 4 is 93.1 Å². The first kappa shape index (κ1) is 25.4. The molecule has 0 bridgehead atoms. The van der Waals surface area contributed by atoms with Gasteiger partial charge in [-0.15, -0.1) is 0 Å². The minimum Gasteiger partial charge on any atom is -0.496 e. The van der Waals surface area contributed by atoms with Gasteiger partial charge in [0.1, 0.15) is 5.75 Å². The van der Waals surface area contributed by atoms with Crippen molar-refractivity contribution < 1.29 is 18.9 Å². The van der Waals surface area contributed by atoms with Gasteiger partial charge in [0, 0.05) is 5.30 Å². The van der Waals surface area contributed by atoms with Gasteiger partial charge in [0.05, 0.1) is 48.4 Å². The van der Waals surface area contributed by atoms with Crippen LogP contribution in [0, 0.1) is 0 Å². The summed E-state index contributed by atoms with van der Waals surface area (Å²) in [5.74, 6) is 0.0378. The summed E-state index contributed by atoms with van der Waals surface area (Å²) in [5, 5.41) is -1.61. The Morgan fingerprint density at radius 3 is 1.72 bits per heavy atom. The molecule has 0 saturated heterocycles. The molecule has 0 aromatic heterocycles. The Kier molecular flexibility index (Phi) is 7.89. The Bertz CT molecular complexity index is 1260. The monoisotopic (exact) mass is 568 g/mol. The minimum absolute atomic E-state index is 0.0378. The zero-order valence-corrected chi connectivity index (χ0v) is 21.4. The van der Waals surface area contributed by atoms with Crippen LogP contribution in [0.2, 0.25) is 30.1 Å². The first-order valence-corrected chi connectivity index (χ1v) is 12.6. The van der Waals surface area contributed by atoms with Crippen LogP contribution in [-0.4, -0.2) is 18.2 Å². The lowest BCUT2D eigenvalue weighted by atomic mass is 10.2. The number of hydrogen-bond acceptors (Lipinski definition) is 4. The highest BCUT2D eigenvalue weighted by Crippen LogP contribution is 2.56. The summed E-state index contributed by atoms with van der Waals surface area (Å²) >= 11 is 36.9. The summed E-state index contributed by atoms with van der Waals surface area (Å²) in [4.78, 5) is 27.5. The summed E-state index contributed by atoms with van der Waals surface area (Å²) in [6.07, 6.45) is 0. The molecule has 0 amide bonds. The maximum absolute atomic E-state index is 14.4. The molecule has 0 aliphatic rings. The van der Waals surface area contributed by atoms with E-state index in [4.69, 9.17) is 74.3 Å². The highest BCUT2D eigenvalue weighted by atomic mass is 35.5. The lowest BCUT2D eigenvalue weighted by Gasteiger charge is -2.20. The zero-order valence-electron chi connectivity index (χ0n) is 16.0. The molecule has 0 aliphatic carbocycles. The minimum atomic E-state index is -4.64. The number of methoxy groups -OCH3 is 1. The Hall–Kier alpha value is -1.23. The molecule has 0 spiro atoms. The third kappa shape index (κ3) is 4.19. The average molecular weight is 571 g/mol. The highest BCUT2D eigenvalue weighted by molar-refractivity contribution is 8.01. The van der Waals surface area contributed by atoms with E-state index >= 15 is 0 Å². The SMILES string of the molecule is COc1cccc(Cl)c1C(=O)P(=O)(C(=O)c1c(Cl)c(Cl)c(Cl)c(Cl)c1Cl)c1ccccc1. The van der Waals surface area contributed by atoms with Crippen molar-refractivity contribution in [3.63, 3.8) is 0 Å². The normalized spacial score (nSPS) is 12.8. The van der Waals surface area contributed by atoms with Crippen molar-refractivity contribution in [1.29, 1.82) is 0 Å². The van der Waals surface area contributed by atoms with Gasteiger partial charge in [-0.05, 0) is 12.1 Å². The van der Waals surface area contributed by atoms with E-state index in [0.717, 1.165) is 0 Å². The predicted octanol–water partition coefficient (Wildman–Crippen LogP) is 8.28. The molecule has 1 atom stereocenters. The van der Waals surface area contributed by atoms with Crippen LogP contribution in [0.5, 0.6) is 5.75 Å². The van der Waals surface area contributed by atoms with Gasteiger partial charge in [0.25, 0.3) is 0 Å². The van der Waals surface area contributed by atoms with Crippen molar-refractivity contribution in [2.45, 2.75) is 0 Å². The fourth-order valence-electron chi connectivity index (χ4n) is 2.95.